The summed E-state index contributed by atoms with van der Waals surface area (Å²) in [6.07, 6.45) is 0. The topological polar surface area (TPSA) is 84.9 Å². The van der Waals surface area contributed by atoms with E-state index < -0.39 is 30.0 Å². The first-order valence-corrected chi connectivity index (χ1v) is 8.95. The fraction of sp³-hybridized carbons (Fsp3) is 0.286. The highest BCUT2D eigenvalue weighted by atomic mass is 16.6. The van der Waals surface area contributed by atoms with Crippen molar-refractivity contribution in [3.05, 3.63) is 65.7 Å². The summed E-state index contributed by atoms with van der Waals surface area (Å²) in [4.78, 5) is 38.0. The van der Waals surface area contributed by atoms with Gasteiger partial charge < -0.3 is 14.8 Å². The molecule has 7 nitrogen and oxygen atoms in total. The molecular weight excluding hydrogens is 360 g/mol. The molecular formula is C21H22N2O5. The highest BCUT2D eigenvalue weighted by molar-refractivity contribution is 6.08. The fourth-order valence-electron chi connectivity index (χ4n) is 2.93. The third-order valence-electron chi connectivity index (χ3n) is 4.55. The molecule has 3 amide bonds. The Morgan fingerprint density at radius 2 is 1.71 bits per heavy atom. The van der Waals surface area contributed by atoms with Gasteiger partial charge in [-0.1, -0.05) is 48.0 Å². The maximum Gasteiger partial charge on any atom is 0.326 e. The number of esters is 1. The van der Waals surface area contributed by atoms with Crippen LogP contribution in [0.25, 0.3) is 0 Å². The largest absolute Gasteiger partial charge is 0.490 e. The van der Waals surface area contributed by atoms with Gasteiger partial charge in [0.2, 0.25) is 0 Å². The normalized spacial score (nSPS) is 18.7. The summed E-state index contributed by atoms with van der Waals surface area (Å²) in [5.41, 5.74) is 0.493. The lowest BCUT2D eigenvalue weighted by molar-refractivity contribution is -0.148. The van der Waals surface area contributed by atoms with Crippen LogP contribution in [0.3, 0.4) is 0 Å². The molecule has 7 heteroatoms. The van der Waals surface area contributed by atoms with E-state index in [4.69, 9.17) is 9.47 Å². The molecule has 1 heterocycles. The summed E-state index contributed by atoms with van der Waals surface area (Å²) in [5.74, 6) is -0.492. The van der Waals surface area contributed by atoms with Gasteiger partial charge in [0, 0.05) is 0 Å². The Kier molecular flexibility index (Phi) is 5.63. The van der Waals surface area contributed by atoms with Gasteiger partial charge in [0.1, 0.15) is 31.0 Å². The Balaban J connectivity index is 1.53. The van der Waals surface area contributed by atoms with Gasteiger partial charge in [-0.3, -0.25) is 14.5 Å². The minimum absolute atomic E-state index is 0.0204. The second-order valence-corrected chi connectivity index (χ2v) is 6.69. The van der Waals surface area contributed by atoms with Crippen LogP contribution in [-0.4, -0.2) is 42.6 Å². The number of ether oxygens (including phenoxy) is 2. The van der Waals surface area contributed by atoms with Crippen LogP contribution >= 0.6 is 0 Å². The number of hydrogen-bond donors (Lipinski definition) is 1. The van der Waals surface area contributed by atoms with Crippen LogP contribution < -0.4 is 10.1 Å². The van der Waals surface area contributed by atoms with Gasteiger partial charge in [-0.15, -0.1) is 0 Å². The molecule has 1 N–H and O–H groups in total. The summed E-state index contributed by atoms with van der Waals surface area (Å²) < 4.78 is 10.5. The molecule has 146 valence electrons. The van der Waals surface area contributed by atoms with E-state index in [1.807, 2.05) is 37.3 Å². The summed E-state index contributed by atoms with van der Waals surface area (Å²) in [5, 5.41) is 2.66. The zero-order chi connectivity index (χ0) is 20.1. The predicted octanol–water partition coefficient (Wildman–Crippen LogP) is 2.38. The zero-order valence-corrected chi connectivity index (χ0v) is 15.8. The molecule has 0 saturated carbocycles. The van der Waals surface area contributed by atoms with Gasteiger partial charge in [-0.25, -0.2) is 4.79 Å². The van der Waals surface area contributed by atoms with Crippen molar-refractivity contribution >= 4 is 17.9 Å². The number of nitrogens with zero attached hydrogens (tertiary/aromatic N) is 1. The first-order chi connectivity index (χ1) is 13.4. The number of amides is 3. The molecule has 1 atom stereocenters. The maximum absolute atomic E-state index is 12.8. The molecule has 0 bridgehead atoms. The van der Waals surface area contributed by atoms with Crippen molar-refractivity contribution in [2.24, 2.45) is 0 Å². The Labute approximate surface area is 163 Å². The van der Waals surface area contributed by atoms with Crippen molar-refractivity contribution in [2.75, 3.05) is 19.8 Å². The van der Waals surface area contributed by atoms with Gasteiger partial charge in [0.25, 0.3) is 5.91 Å². The molecule has 2 aromatic rings. The number of para-hydroxylation sites is 1. The van der Waals surface area contributed by atoms with Crippen LogP contribution in [-0.2, 0) is 19.9 Å². The fourth-order valence-corrected chi connectivity index (χ4v) is 2.93. The number of carbonyl (C=O) groups is 3. The first-order valence-electron chi connectivity index (χ1n) is 8.95. The average molecular weight is 382 g/mol. The van der Waals surface area contributed by atoms with Crippen molar-refractivity contribution in [3.63, 3.8) is 0 Å². The third-order valence-corrected chi connectivity index (χ3v) is 4.55. The van der Waals surface area contributed by atoms with E-state index in [1.54, 1.807) is 31.2 Å². The second kappa shape index (κ2) is 8.12. The number of hydrogen-bond acceptors (Lipinski definition) is 5. The van der Waals surface area contributed by atoms with E-state index in [9.17, 15) is 14.4 Å². The van der Waals surface area contributed by atoms with Crippen LogP contribution in [0.2, 0.25) is 0 Å². The van der Waals surface area contributed by atoms with Gasteiger partial charge in [-0.05, 0) is 31.5 Å². The van der Waals surface area contributed by atoms with Crippen molar-refractivity contribution in [3.8, 4) is 5.75 Å². The number of imide groups is 1. The van der Waals surface area contributed by atoms with Crippen molar-refractivity contribution in [2.45, 2.75) is 19.4 Å². The van der Waals surface area contributed by atoms with Crippen LogP contribution in [0, 0.1) is 6.92 Å². The summed E-state index contributed by atoms with van der Waals surface area (Å²) in [6, 6.07) is 15.8. The van der Waals surface area contributed by atoms with Crippen LogP contribution in [0.15, 0.2) is 54.6 Å². The third kappa shape index (κ3) is 4.14. The quantitative estimate of drug-likeness (QED) is 0.452. The molecule has 1 aliphatic heterocycles. The number of nitrogens with one attached hydrogen (secondary N) is 1. The summed E-state index contributed by atoms with van der Waals surface area (Å²) in [7, 11) is 0. The molecule has 2 aromatic carbocycles. The number of aryl methyl sites for hydroxylation is 1. The van der Waals surface area contributed by atoms with E-state index in [0.29, 0.717) is 11.3 Å². The molecule has 28 heavy (non-hydrogen) atoms. The standard InChI is InChI=1S/C21H22N2O5/c1-15-8-10-16(11-9-15)21(2)19(25)23(20(26)22-21)14-18(24)28-13-12-27-17-6-4-3-5-7-17/h3-11H,12-14H2,1-2H3,(H,22,26)/t21-/m1/s1. The van der Waals surface area contributed by atoms with E-state index in [1.165, 1.54) is 0 Å². The van der Waals surface area contributed by atoms with Gasteiger partial charge in [-0.2, -0.15) is 0 Å². The lowest BCUT2D eigenvalue weighted by Gasteiger charge is -2.22. The van der Waals surface area contributed by atoms with Gasteiger partial charge in [0.05, 0.1) is 0 Å². The Hall–Kier alpha value is -3.35. The van der Waals surface area contributed by atoms with Crippen molar-refractivity contribution in [1.29, 1.82) is 0 Å². The van der Waals surface area contributed by atoms with E-state index in [-0.39, 0.29) is 13.2 Å². The maximum atomic E-state index is 12.8. The first kappa shape index (κ1) is 19.4. The lowest BCUT2D eigenvalue weighted by atomic mass is 9.91. The molecule has 0 aromatic heterocycles. The molecule has 1 aliphatic rings. The van der Waals surface area contributed by atoms with Gasteiger partial charge >= 0.3 is 12.0 Å². The summed E-state index contributed by atoms with van der Waals surface area (Å²) in [6.45, 7) is 3.31. The second-order valence-electron chi connectivity index (χ2n) is 6.69. The van der Waals surface area contributed by atoms with Gasteiger partial charge in [0.15, 0.2) is 0 Å². The molecule has 1 saturated heterocycles. The van der Waals surface area contributed by atoms with Crippen molar-refractivity contribution < 1.29 is 23.9 Å². The minimum atomic E-state index is -1.21. The average Bonchev–Trinajstić information content (AvgIpc) is 2.90. The minimum Gasteiger partial charge on any atom is -0.490 e. The monoisotopic (exact) mass is 382 g/mol. The number of rotatable bonds is 7. The predicted molar refractivity (Wildman–Crippen MR) is 102 cm³/mol. The molecule has 1 fully saturated rings. The van der Waals surface area contributed by atoms with Crippen molar-refractivity contribution in [1.82, 2.24) is 10.2 Å². The molecule has 0 radical (unpaired) electrons. The lowest BCUT2D eigenvalue weighted by Crippen LogP contribution is -2.41. The number of urea groups is 1. The Morgan fingerprint density at radius 3 is 2.39 bits per heavy atom. The van der Waals surface area contributed by atoms with E-state index >= 15 is 0 Å². The zero-order valence-electron chi connectivity index (χ0n) is 15.8. The molecule has 0 unspecified atom stereocenters. The SMILES string of the molecule is Cc1ccc([C@@]2(C)NC(=O)N(CC(=O)OCCOc3ccccc3)C2=O)cc1. The molecule has 0 aliphatic carbocycles. The summed E-state index contributed by atoms with van der Waals surface area (Å²) >= 11 is 0. The highest BCUT2D eigenvalue weighted by Gasteiger charge is 2.49. The molecule has 0 spiro atoms. The van der Waals surface area contributed by atoms with Crippen LogP contribution in [0.4, 0.5) is 4.79 Å². The highest BCUT2D eigenvalue weighted by Crippen LogP contribution is 2.28. The van der Waals surface area contributed by atoms with E-state index in [0.717, 1.165) is 10.5 Å². The Morgan fingerprint density at radius 1 is 1.04 bits per heavy atom. The number of benzene rings is 2. The van der Waals surface area contributed by atoms with Crippen LogP contribution in [0.5, 0.6) is 5.75 Å². The smallest absolute Gasteiger partial charge is 0.326 e. The van der Waals surface area contributed by atoms with Crippen LogP contribution in [0.1, 0.15) is 18.1 Å². The van der Waals surface area contributed by atoms with E-state index in [2.05, 4.69) is 5.32 Å². The Bertz CT molecular complexity index is 866. The number of carbonyl (C=O) groups excluding carboxylic acids is 3. The molecule has 3 rings (SSSR count).